The number of nitrogens with one attached hydrogen (secondary N) is 3. The highest BCUT2D eigenvalue weighted by Crippen LogP contribution is 2.37. The number of hydrogen-bond donors (Lipinski definition) is 3. The second-order valence-corrected chi connectivity index (χ2v) is 9.10. The second-order valence-electron chi connectivity index (χ2n) is 7.26. The first-order valence-corrected chi connectivity index (χ1v) is 11.3. The van der Waals surface area contributed by atoms with Crippen molar-refractivity contribution in [1.29, 1.82) is 0 Å². The normalized spacial score (nSPS) is 13.0. The van der Waals surface area contributed by atoms with E-state index in [9.17, 15) is 9.59 Å². The van der Waals surface area contributed by atoms with Gasteiger partial charge in [0.2, 0.25) is 5.91 Å². The van der Waals surface area contributed by atoms with Crippen molar-refractivity contribution in [3.05, 3.63) is 51.9 Å². The van der Waals surface area contributed by atoms with Crippen molar-refractivity contribution >= 4 is 73.5 Å². The summed E-state index contributed by atoms with van der Waals surface area (Å²) in [6, 6.07) is 11.0. The third-order valence-electron chi connectivity index (χ3n) is 5.06. The highest BCUT2D eigenvalue weighted by Gasteiger charge is 2.30. The van der Waals surface area contributed by atoms with Crippen LogP contribution in [0.5, 0.6) is 5.75 Å². The van der Waals surface area contributed by atoms with Gasteiger partial charge in [0.25, 0.3) is 5.91 Å². The molecule has 6 nitrogen and oxygen atoms in total. The smallest absolute Gasteiger partial charge is 0.269 e. The number of methoxy groups -OCH3 is 1. The zero-order chi connectivity index (χ0) is 22.1. The number of ether oxygens (including phenoxy) is 1. The molecule has 3 aromatic rings. The summed E-state index contributed by atoms with van der Waals surface area (Å²) in [5.41, 5.74) is 2.25. The highest BCUT2D eigenvalue weighted by atomic mass is 35.5. The molecule has 0 radical (unpaired) electrons. The van der Waals surface area contributed by atoms with Crippen molar-refractivity contribution in [2.75, 3.05) is 17.7 Å². The summed E-state index contributed by atoms with van der Waals surface area (Å²) in [6.07, 6.45) is 1.87. The highest BCUT2D eigenvalue weighted by molar-refractivity contribution is 7.80. The van der Waals surface area contributed by atoms with Gasteiger partial charge in [-0.15, -0.1) is 11.3 Å². The topological polar surface area (TPSA) is 79.5 Å². The lowest BCUT2D eigenvalue weighted by Crippen LogP contribution is -2.34. The Labute approximate surface area is 193 Å². The quantitative estimate of drug-likeness (QED) is 0.435. The first-order chi connectivity index (χ1) is 14.9. The van der Waals surface area contributed by atoms with E-state index in [1.807, 2.05) is 37.3 Å². The van der Waals surface area contributed by atoms with E-state index in [-0.39, 0.29) is 16.9 Å². The van der Waals surface area contributed by atoms with E-state index in [0.717, 1.165) is 34.2 Å². The number of rotatable bonds is 5. The molecule has 3 N–H and O–H groups in total. The maximum absolute atomic E-state index is 12.8. The van der Waals surface area contributed by atoms with E-state index in [0.29, 0.717) is 21.3 Å². The Morgan fingerprint density at radius 1 is 1.16 bits per heavy atom. The fourth-order valence-corrected chi connectivity index (χ4v) is 4.76. The summed E-state index contributed by atoms with van der Waals surface area (Å²) in [6.45, 7) is 1.88. The standard InChI is InChI=1S/C22H20ClN3O3S2/c1-11-15(24-20(27)12-6-7-12)4-3-5-16(11)25-22(30)26-21(28)19-18(23)14-9-8-13(29-2)10-17(14)31-19/h3-5,8-10,12H,6-7H2,1-2H3,(H,24,27)(H2,25,26,28,30). The van der Waals surface area contributed by atoms with Crippen molar-refractivity contribution in [2.45, 2.75) is 19.8 Å². The van der Waals surface area contributed by atoms with Crippen LogP contribution in [0.25, 0.3) is 10.1 Å². The zero-order valence-electron chi connectivity index (χ0n) is 16.9. The van der Waals surface area contributed by atoms with Crippen LogP contribution in [0.15, 0.2) is 36.4 Å². The van der Waals surface area contributed by atoms with Gasteiger partial charge in [-0.2, -0.15) is 0 Å². The van der Waals surface area contributed by atoms with Crippen molar-refractivity contribution in [3.63, 3.8) is 0 Å². The average Bonchev–Trinajstić information content (AvgIpc) is 3.54. The Balaban J connectivity index is 1.46. The minimum Gasteiger partial charge on any atom is -0.497 e. The Morgan fingerprint density at radius 3 is 2.55 bits per heavy atom. The second kappa shape index (κ2) is 8.82. The maximum atomic E-state index is 12.8. The lowest BCUT2D eigenvalue weighted by molar-refractivity contribution is -0.117. The number of benzene rings is 2. The Bertz CT molecular complexity index is 1200. The molecule has 2 amide bonds. The minimum absolute atomic E-state index is 0.0344. The number of carbonyl (C=O) groups is 2. The number of fused-ring (bicyclic) bond motifs is 1. The maximum Gasteiger partial charge on any atom is 0.269 e. The molecule has 2 aromatic carbocycles. The van der Waals surface area contributed by atoms with Crippen molar-refractivity contribution in [1.82, 2.24) is 5.32 Å². The predicted molar refractivity (Wildman–Crippen MR) is 130 cm³/mol. The van der Waals surface area contributed by atoms with Crippen LogP contribution in [-0.2, 0) is 4.79 Å². The molecule has 4 rings (SSSR count). The van der Waals surface area contributed by atoms with Crippen LogP contribution in [-0.4, -0.2) is 24.0 Å². The summed E-state index contributed by atoms with van der Waals surface area (Å²) >= 11 is 13.0. The van der Waals surface area contributed by atoms with Crippen LogP contribution in [0, 0.1) is 12.8 Å². The molecule has 1 aromatic heterocycles. The number of halogens is 1. The monoisotopic (exact) mass is 473 g/mol. The number of amides is 2. The minimum atomic E-state index is -0.390. The number of hydrogen-bond acceptors (Lipinski definition) is 5. The molecular formula is C22H20ClN3O3S2. The molecule has 0 aliphatic heterocycles. The summed E-state index contributed by atoms with van der Waals surface area (Å²) in [5, 5.41) is 9.96. The van der Waals surface area contributed by atoms with E-state index in [1.165, 1.54) is 11.3 Å². The molecule has 0 saturated heterocycles. The largest absolute Gasteiger partial charge is 0.497 e. The summed E-state index contributed by atoms with van der Waals surface area (Å²) in [7, 11) is 1.59. The first kappa shape index (κ1) is 21.5. The Hall–Kier alpha value is -2.68. The molecule has 1 heterocycles. The fraction of sp³-hybridized carbons (Fsp3) is 0.227. The van der Waals surface area contributed by atoms with Gasteiger partial charge in [0, 0.05) is 27.4 Å². The van der Waals surface area contributed by atoms with Crippen LogP contribution in [0.2, 0.25) is 5.02 Å². The summed E-state index contributed by atoms with van der Waals surface area (Å²) in [4.78, 5) is 25.2. The lowest BCUT2D eigenvalue weighted by atomic mass is 10.1. The molecule has 0 bridgehead atoms. The van der Waals surface area contributed by atoms with Gasteiger partial charge in [0.05, 0.1) is 12.1 Å². The van der Waals surface area contributed by atoms with Crippen LogP contribution in [0.3, 0.4) is 0 Å². The van der Waals surface area contributed by atoms with E-state index < -0.39 is 5.91 Å². The Kier molecular flexibility index (Phi) is 6.13. The third-order valence-corrected chi connectivity index (χ3v) is 6.92. The van der Waals surface area contributed by atoms with Crippen LogP contribution in [0.1, 0.15) is 28.1 Å². The Morgan fingerprint density at radius 2 is 1.87 bits per heavy atom. The molecular weight excluding hydrogens is 454 g/mol. The number of anilines is 2. The van der Waals surface area contributed by atoms with Crippen molar-refractivity contribution in [3.8, 4) is 5.75 Å². The van der Waals surface area contributed by atoms with Gasteiger partial charge in [0.1, 0.15) is 10.6 Å². The number of thiophene rings is 1. The summed E-state index contributed by atoms with van der Waals surface area (Å²) < 4.78 is 6.08. The van der Waals surface area contributed by atoms with Gasteiger partial charge in [-0.3, -0.25) is 14.9 Å². The van der Waals surface area contributed by atoms with Crippen molar-refractivity contribution < 1.29 is 14.3 Å². The fourth-order valence-electron chi connectivity index (χ4n) is 3.12. The van der Waals surface area contributed by atoms with Crippen LogP contribution in [0.4, 0.5) is 11.4 Å². The molecule has 31 heavy (non-hydrogen) atoms. The first-order valence-electron chi connectivity index (χ1n) is 9.66. The van der Waals surface area contributed by atoms with E-state index >= 15 is 0 Å². The number of carbonyl (C=O) groups excluding carboxylic acids is 2. The van der Waals surface area contributed by atoms with E-state index in [1.54, 1.807) is 13.2 Å². The molecule has 0 unspecified atom stereocenters. The third kappa shape index (κ3) is 4.66. The molecule has 160 valence electrons. The summed E-state index contributed by atoms with van der Waals surface area (Å²) in [5.74, 6) is 0.451. The van der Waals surface area contributed by atoms with Gasteiger partial charge < -0.3 is 15.4 Å². The van der Waals surface area contributed by atoms with Crippen LogP contribution >= 0.6 is 35.2 Å². The lowest BCUT2D eigenvalue weighted by Gasteiger charge is -2.15. The SMILES string of the molecule is COc1ccc2c(Cl)c(C(=O)NC(=S)Nc3cccc(NC(=O)C4CC4)c3C)sc2c1. The van der Waals surface area contributed by atoms with Gasteiger partial charge in [-0.1, -0.05) is 17.7 Å². The number of thiocarbonyl (C=S) groups is 1. The molecule has 0 atom stereocenters. The molecule has 1 fully saturated rings. The predicted octanol–water partition coefficient (Wildman–Crippen LogP) is 5.35. The van der Waals surface area contributed by atoms with E-state index in [2.05, 4.69) is 16.0 Å². The molecule has 0 spiro atoms. The van der Waals surface area contributed by atoms with E-state index in [4.69, 9.17) is 28.6 Å². The zero-order valence-corrected chi connectivity index (χ0v) is 19.3. The van der Waals surface area contributed by atoms with Gasteiger partial charge in [-0.25, -0.2) is 0 Å². The van der Waals surface area contributed by atoms with Gasteiger partial charge >= 0.3 is 0 Å². The van der Waals surface area contributed by atoms with Crippen molar-refractivity contribution in [2.24, 2.45) is 5.92 Å². The van der Waals surface area contributed by atoms with Gasteiger partial charge in [0.15, 0.2) is 5.11 Å². The molecule has 1 aliphatic carbocycles. The molecule has 1 aliphatic rings. The van der Waals surface area contributed by atoms with Gasteiger partial charge in [-0.05, 0) is 67.9 Å². The van der Waals surface area contributed by atoms with Crippen LogP contribution < -0.4 is 20.7 Å². The molecule has 1 saturated carbocycles. The molecule has 9 heteroatoms. The average molecular weight is 474 g/mol.